The molecule has 0 radical (unpaired) electrons. The Morgan fingerprint density at radius 3 is 2.64 bits per heavy atom. The standard InChI is InChI=1S/C20H20FNO5S/c1-13-2-3-14(10-16(13)21)20(25)27-12-17(23)18-5-4-15(28-18)11-19(24)22-6-8-26-9-7-22/h2-5,10H,6-9,11-12H2,1H3. The summed E-state index contributed by atoms with van der Waals surface area (Å²) in [5.41, 5.74) is 0.476. The van der Waals surface area contributed by atoms with Gasteiger partial charge in [0, 0.05) is 18.0 Å². The molecule has 148 valence electrons. The Bertz CT molecular complexity index is 888. The third kappa shape index (κ3) is 5.02. The van der Waals surface area contributed by atoms with E-state index in [-0.39, 0.29) is 23.7 Å². The van der Waals surface area contributed by atoms with E-state index in [2.05, 4.69) is 0 Å². The van der Waals surface area contributed by atoms with E-state index in [0.717, 1.165) is 10.9 Å². The third-order valence-corrected chi connectivity index (χ3v) is 5.49. The molecule has 0 atom stereocenters. The molecule has 0 saturated carbocycles. The number of nitrogens with zero attached hydrogens (tertiary/aromatic N) is 1. The first-order valence-electron chi connectivity index (χ1n) is 8.85. The Balaban J connectivity index is 1.52. The number of rotatable bonds is 6. The average Bonchev–Trinajstić information content (AvgIpc) is 3.17. The predicted molar refractivity (Wildman–Crippen MR) is 101 cm³/mol. The maximum Gasteiger partial charge on any atom is 0.338 e. The first kappa shape index (κ1) is 20.2. The van der Waals surface area contributed by atoms with Gasteiger partial charge in [-0.2, -0.15) is 0 Å². The molecule has 1 saturated heterocycles. The minimum atomic E-state index is -0.758. The molecule has 1 amide bonds. The molecule has 1 aromatic carbocycles. The second kappa shape index (κ2) is 9.07. The van der Waals surface area contributed by atoms with E-state index in [1.165, 1.54) is 23.5 Å². The number of ketones is 1. The topological polar surface area (TPSA) is 72.9 Å². The summed E-state index contributed by atoms with van der Waals surface area (Å²) in [7, 11) is 0. The molecule has 6 nitrogen and oxygen atoms in total. The van der Waals surface area contributed by atoms with Gasteiger partial charge in [-0.05, 0) is 36.8 Å². The highest BCUT2D eigenvalue weighted by atomic mass is 32.1. The second-order valence-electron chi connectivity index (χ2n) is 6.40. The lowest BCUT2D eigenvalue weighted by Crippen LogP contribution is -2.41. The van der Waals surface area contributed by atoms with Gasteiger partial charge in [-0.15, -0.1) is 11.3 Å². The van der Waals surface area contributed by atoms with Crippen LogP contribution in [0.3, 0.4) is 0 Å². The summed E-state index contributed by atoms with van der Waals surface area (Å²) < 4.78 is 23.7. The minimum absolute atomic E-state index is 0.00280. The van der Waals surface area contributed by atoms with Crippen LogP contribution in [0.15, 0.2) is 30.3 Å². The lowest BCUT2D eigenvalue weighted by molar-refractivity contribution is -0.134. The van der Waals surface area contributed by atoms with E-state index in [9.17, 15) is 18.8 Å². The molecule has 1 fully saturated rings. The van der Waals surface area contributed by atoms with Crippen LogP contribution in [0.1, 0.15) is 30.5 Å². The summed E-state index contributed by atoms with van der Waals surface area (Å²) in [6, 6.07) is 7.36. The summed E-state index contributed by atoms with van der Waals surface area (Å²) in [5.74, 6) is -1.63. The molecular weight excluding hydrogens is 385 g/mol. The van der Waals surface area contributed by atoms with Crippen LogP contribution < -0.4 is 0 Å². The third-order valence-electron chi connectivity index (χ3n) is 4.37. The molecule has 1 aliphatic rings. The quantitative estimate of drug-likeness (QED) is 0.546. The van der Waals surface area contributed by atoms with Crippen molar-refractivity contribution in [3.05, 3.63) is 57.0 Å². The number of Topliss-reactive ketones (excluding diaryl/α,β-unsaturated/α-hetero) is 1. The van der Waals surface area contributed by atoms with Gasteiger partial charge in [0.05, 0.1) is 30.1 Å². The van der Waals surface area contributed by atoms with Gasteiger partial charge in [0.15, 0.2) is 6.61 Å². The molecule has 0 spiro atoms. The van der Waals surface area contributed by atoms with Crippen molar-refractivity contribution in [2.45, 2.75) is 13.3 Å². The number of thiophene rings is 1. The number of carbonyl (C=O) groups is 3. The number of hydrogen-bond donors (Lipinski definition) is 0. The summed E-state index contributed by atoms with van der Waals surface area (Å²) in [4.78, 5) is 39.4. The number of benzene rings is 1. The van der Waals surface area contributed by atoms with Gasteiger partial charge in [-0.3, -0.25) is 9.59 Å². The van der Waals surface area contributed by atoms with Gasteiger partial charge in [0.2, 0.25) is 11.7 Å². The first-order chi connectivity index (χ1) is 13.4. The van der Waals surface area contributed by atoms with E-state index in [4.69, 9.17) is 9.47 Å². The highest BCUT2D eigenvalue weighted by Crippen LogP contribution is 2.19. The van der Waals surface area contributed by atoms with Gasteiger partial charge in [0.25, 0.3) is 0 Å². The molecule has 1 aliphatic heterocycles. The monoisotopic (exact) mass is 405 g/mol. The fourth-order valence-electron chi connectivity index (χ4n) is 2.70. The molecule has 28 heavy (non-hydrogen) atoms. The van der Waals surface area contributed by atoms with E-state index in [1.807, 2.05) is 0 Å². The van der Waals surface area contributed by atoms with Crippen molar-refractivity contribution in [2.24, 2.45) is 0 Å². The number of halogens is 1. The average molecular weight is 405 g/mol. The van der Waals surface area contributed by atoms with Crippen molar-refractivity contribution >= 4 is 29.0 Å². The van der Waals surface area contributed by atoms with Gasteiger partial charge in [0.1, 0.15) is 5.82 Å². The maximum absolute atomic E-state index is 13.5. The zero-order valence-electron chi connectivity index (χ0n) is 15.4. The molecule has 1 aromatic heterocycles. The van der Waals surface area contributed by atoms with E-state index in [1.54, 1.807) is 24.0 Å². The van der Waals surface area contributed by atoms with Crippen molar-refractivity contribution in [1.82, 2.24) is 4.90 Å². The molecule has 2 heterocycles. The van der Waals surface area contributed by atoms with Crippen molar-refractivity contribution in [1.29, 1.82) is 0 Å². The summed E-state index contributed by atoms with van der Waals surface area (Å²) in [5, 5.41) is 0. The number of hydrogen-bond acceptors (Lipinski definition) is 6. The molecule has 0 aliphatic carbocycles. The Morgan fingerprint density at radius 1 is 1.18 bits per heavy atom. The van der Waals surface area contributed by atoms with E-state index >= 15 is 0 Å². The minimum Gasteiger partial charge on any atom is -0.454 e. The van der Waals surface area contributed by atoms with Gasteiger partial charge < -0.3 is 14.4 Å². The number of carbonyl (C=O) groups excluding carboxylic acids is 3. The molecular formula is C20H20FNO5S. The van der Waals surface area contributed by atoms with E-state index in [0.29, 0.717) is 36.7 Å². The largest absolute Gasteiger partial charge is 0.454 e. The number of ether oxygens (including phenoxy) is 2. The van der Waals surface area contributed by atoms with Crippen LogP contribution in [0.2, 0.25) is 0 Å². The highest BCUT2D eigenvalue weighted by molar-refractivity contribution is 7.14. The van der Waals surface area contributed by atoms with Crippen molar-refractivity contribution in [3.8, 4) is 0 Å². The second-order valence-corrected chi connectivity index (χ2v) is 7.57. The van der Waals surface area contributed by atoms with Gasteiger partial charge >= 0.3 is 5.97 Å². The van der Waals surface area contributed by atoms with Crippen molar-refractivity contribution in [3.63, 3.8) is 0 Å². The van der Waals surface area contributed by atoms with Crippen molar-refractivity contribution < 1.29 is 28.2 Å². The van der Waals surface area contributed by atoms with Gasteiger partial charge in [-0.1, -0.05) is 6.07 Å². The Hall–Kier alpha value is -2.58. The van der Waals surface area contributed by atoms with Crippen LogP contribution in [-0.4, -0.2) is 55.5 Å². The zero-order chi connectivity index (χ0) is 20.1. The van der Waals surface area contributed by atoms with Crippen molar-refractivity contribution in [2.75, 3.05) is 32.9 Å². The van der Waals surface area contributed by atoms with Crippen LogP contribution in [-0.2, 0) is 20.7 Å². The van der Waals surface area contributed by atoms with Crippen LogP contribution in [0.25, 0.3) is 0 Å². The number of aryl methyl sites for hydroxylation is 1. The SMILES string of the molecule is Cc1ccc(C(=O)OCC(=O)c2ccc(CC(=O)N3CCOCC3)s2)cc1F. The Labute approximate surface area is 165 Å². The first-order valence-corrected chi connectivity index (χ1v) is 9.66. The van der Waals surface area contributed by atoms with Crippen LogP contribution in [0, 0.1) is 12.7 Å². The molecule has 2 aromatic rings. The number of esters is 1. The molecule has 8 heteroatoms. The molecule has 0 unspecified atom stereocenters. The Morgan fingerprint density at radius 2 is 1.93 bits per heavy atom. The smallest absolute Gasteiger partial charge is 0.338 e. The highest BCUT2D eigenvalue weighted by Gasteiger charge is 2.19. The van der Waals surface area contributed by atoms with Crippen LogP contribution in [0.5, 0.6) is 0 Å². The summed E-state index contributed by atoms with van der Waals surface area (Å²) in [6.45, 7) is 3.38. The summed E-state index contributed by atoms with van der Waals surface area (Å²) >= 11 is 1.21. The molecule has 0 bridgehead atoms. The number of morpholine rings is 1. The molecule has 0 N–H and O–H groups in total. The molecule has 3 rings (SSSR count). The fraction of sp³-hybridized carbons (Fsp3) is 0.350. The zero-order valence-corrected chi connectivity index (χ0v) is 16.2. The Kier molecular flexibility index (Phi) is 6.53. The normalized spacial score (nSPS) is 14.0. The predicted octanol–water partition coefficient (Wildman–Crippen LogP) is 2.64. The number of amides is 1. The lowest BCUT2D eigenvalue weighted by atomic mass is 10.1. The summed E-state index contributed by atoms with van der Waals surface area (Å²) in [6.07, 6.45) is 0.223. The fourth-order valence-corrected chi connectivity index (χ4v) is 3.62. The van der Waals surface area contributed by atoms with Crippen LogP contribution >= 0.6 is 11.3 Å². The lowest BCUT2D eigenvalue weighted by Gasteiger charge is -2.26. The maximum atomic E-state index is 13.5. The van der Waals surface area contributed by atoms with Crippen LogP contribution in [0.4, 0.5) is 4.39 Å². The van der Waals surface area contributed by atoms with E-state index < -0.39 is 18.4 Å². The van der Waals surface area contributed by atoms with Gasteiger partial charge in [-0.25, -0.2) is 9.18 Å².